The molecule has 0 bridgehead atoms. The number of ether oxygens (including phenoxy) is 1. The van der Waals surface area contributed by atoms with Gasteiger partial charge in [0.05, 0.1) is 0 Å². The smallest absolute Gasteiger partial charge is 0.102 e. The number of rotatable bonds is 11. The van der Waals surface area contributed by atoms with E-state index in [1.807, 2.05) is 42.5 Å². The summed E-state index contributed by atoms with van der Waals surface area (Å²) in [6.45, 7) is 12.4. The minimum Gasteiger partial charge on any atom is -0.373 e. The van der Waals surface area contributed by atoms with Crippen LogP contribution in [0.5, 0.6) is 0 Å². The van der Waals surface area contributed by atoms with E-state index in [0.717, 1.165) is 53.7 Å². The second-order valence-electron chi connectivity index (χ2n) is 7.16. The van der Waals surface area contributed by atoms with E-state index in [9.17, 15) is 0 Å². The molecule has 1 atom stereocenters. The summed E-state index contributed by atoms with van der Waals surface area (Å²) in [5, 5.41) is 1.45. The number of nitrogens with zero attached hydrogens (tertiary/aromatic N) is 2. The van der Waals surface area contributed by atoms with Crippen molar-refractivity contribution in [2.75, 3.05) is 43.1 Å². The summed E-state index contributed by atoms with van der Waals surface area (Å²) in [7, 11) is 1.69. The molecule has 31 heavy (non-hydrogen) atoms. The van der Waals surface area contributed by atoms with Crippen molar-refractivity contribution in [3.63, 3.8) is 0 Å². The zero-order valence-corrected chi connectivity index (χ0v) is 20.7. The highest BCUT2D eigenvalue weighted by atomic mass is 35.5. The first-order chi connectivity index (χ1) is 15.0. The van der Waals surface area contributed by atoms with Crippen molar-refractivity contribution in [3.05, 3.63) is 75.8 Å². The molecule has 168 valence electrons. The fourth-order valence-electron chi connectivity index (χ4n) is 3.60. The van der Waals surface area contributed by atoms with Crippen molar-refractivity contribution in [1.82, 2.24) is 0 Å². The van der Waals surface area contributed by atoms with Crippen LogP contribution in [-0.4, -0.2) is 33.3 Å². The van der Waals surface area contributed by atoms with Gasteiger partial charge >= 0.3 is 0 Å². The Bertz CT molecular complexity index is 887. The Morgan fingerprint density at radius 2 is 1.35 bits per heavy atom. The summed E-state index contributed by atoms with van der Waals surface area (Å²) < 4.78 is 5.66. The largest absolute Gasteiger partial charge is 0.373 e. The second-order valence-corrected chi connectivity index (χ2v) is 7.97. The number of benzene rings is 2. The number of allylic oxidation sites excluding steroid dienone is 2. The first kappa shape index (κ1) is 25.3. The molecule has 0 N–H and O–H groups in total. The van der Waals surface area contributed by atoms with Crippen molar-refractivity contribution < 1.29 is 4.74 Å². The van der Waals surface area contributed by atoms with Crippen LogP contribution in [0.4, 0.5) is 11.4 Å². The molecule has 0 fully saturated rings. The van der Waals surface area contributed by atoms with Gasteiger partial charge in [-0.3, -0.25) is 0 Å². The second kappa shape index (κ2) is 12.8. The maximum absolute atomic E-state index is 6.57. The van der Waals surface area contributed by atoms with Crippen LogP contribution in [-0.2, 0) is 4.74 Å². The molecule has 0 heterocycles. The van der Waals surface area contributed by atoms with Crippen molar-refractivity contribution in [2.24, 2.45) is 0 Å². The normalized spacial score (nSPS) is 12.6. The SMILES string of the molecule is CCN(CC)c1ccc(/C=C/C=C/C(OC)c2ccc(N(CC)CC)cc2Cl)c(Cl)c1. The van der Waals surface area contributed by atoms with Gasteiger partial charge in [0.25, 0.3) is 0 Å². The summed E-state index contributed by atoms with van der Waals surface area (Å²) in [6.07, 6.45) is 7.72. The van der Waals surface area contributed by atoms with Gasteiger partial charge in [-0.05, 0) is 57.5 Å². The minimum absolute atomic E-state index is 0.219. The lowest BCUT2D eigenvalue weighted by Gasteiger charge is -2.22. The van der Waals surface area contributed by atoms with Gasteiger partial charge in [0.15, 0.2) is 0 Å². The lowest BCUT2D eigenvalue weighted by Crippen LogP contribution is -2.21. The quantitative estimate of drug-likeness (QED) is 0.320. The van der Waals surface area contributed by atoms with Gasteiger partial charge in [-0.25, -0.2) is 0 Å². The molecule has 1 unspecified atom stereocenters. The van der Waals surface area contributed by atoms with Crippen LogP contribution in [0, 0.1) is 0 Å². The maximum atomic E-state index is 6.57. The highest BCUT2D eigenvalue weighted by Crippen LogP contribution is 2.30. The van der Waals surface area contributed by atoms with E-state index in [4.69, 9.17) is 27.9 Å². The molecular formula is C26H34Cl2N2O. The Labute approximate surface area is 197 Å². The van der Waals surface area contributed by atoms with Crippen molar-refractivity contribution in [2.45, 2.75) is 33.8 Å². The van der Waals surface area contributed by atoms with E-state index >= 15 is 0 Å². The molecule has 0 saturated carbocycles. The van der Waals surface area contributed by atoms with Gasteiger partial charge in [-0.15, -0.1) is 0 Å². The van der Waals surface area contributed by atoms with Gasteiger partial charge in [-0.2, -0.15) is 0 Å². The van der Waals surface area contributed by atoms with Gasteiger partial charge in [0.1, 0.15) is 6.10 Å². The standard InChI is InChI=1S/C26H34Cl2N2O/c1-6-29(7-2)21-15-14-20(24(27)18-21)12-10-11-13-26(31-5)23-17-16-22(19-25(23)28)30(8-3)9-4/h10-19,26H,6-9H2,1-5H3/b12-10+,13-11+. The van der Waals surface area contributed by atoms with Crippen LogP contribution < -0.4 is 9.80 Å². The first-order valence-electron chi connectivity index (χ1n) is 10.9. The lowest BCUT2D eigenvalue weighted by atomic mass is 10.1. The number of halogens is 2. The highest BCUT2D eigenvalue weighted by Gasteiger charge is 2.13. The Hall–Kier alpha value is -1.94. The van der Waals surface area contributed by atoms with E-state index in [-0.39, 0.29) is 6.10 Å². The topological polar surface area (TPSA) is 15.7 Å². The van der Waals surface area contributed by atoms with E-state index in [1.165, 1.54) is 0 Å². The fourth-order valence-corrected chi connectivity index (χ4v) is 4.12. The van der Waals surface area contributed by atoms with E-state index in [2.05, 4.69) is 55.7 Å². The molecular weight excluding hydrogens is 427 g/mol. The van der Waals surface area contributed by atoms with Crippen molar-refractivity contribution >= 4 is 40.7 Å². The number of anilines is 2. The summed E-state index contributed by atoms with van der Waals surface area (Å²) in [5.74, 6) is 0. The van der Waals surface area contributed by atoms with Crippen LogP contribution >= 0.6 is 23.2 Å². The summed E-state index contributed by atoms with van der Waals surface area (Å²) >= 11 is 13.1. The Balaban J connectivity index is 2.13. The Morgan fingerprint density at radius 1 is 0.806 bits per heavy atom. The monoisotopic (exact) mass is 460 g/mol. The molecule has 2 aromatic rings. The molecule has 0 radical (unpaired) electrons. The van der Waals surface area contributed by atoms with Crippen molar-refractivity contribution in [3.8, 4) is 0 Å². The summed E-state index contributed by atoms with van der Waals surface area (Å²) in [5.41, 5.74) is 4.20. The van der Waals surface area contributed by atoms with Crippen LogP contribution in [0.25, 0.3) is 6.08 Å². The predicted octanol–water partition coefficient (Wildman–Crippen LogP) is 7.64. The van der Waals surface area contributed by atoms with Crippen LogP contribution in [0.3, 0.4) is 0 Å². The lowest BCUT2D eigenvalue weighted by molar-refractivity contribution is 0.143. The minimum atomic E-state index is -0.219. The highest BCUT2D eigenvalue weighted by molar-refractivity contribution is 6.32. The Morgan fingerprint density at radius 3 is 1.84 bits per heavy atom. The zero-order chi connectivity index (χ0) is 22.8. The average Bonchev–Trinajstić information content (AvgIpc) is 2.77. The molecule has 0 amide bonds. The molecule has 0 aliphatic heterocycles. The van der Waals surface area contributed by atoms with E-state index in [0.29, 0.717) is 5.02 Å². The third kappa shape index (κ3) is 6.77. The zero-order valence-electron chi connectivity index (χ0n) is 19.2. The Kier molecular flexibility index (Phi) is 10.5. The van der Waals surface area contributed by atoms with Gasteiger partial charge in [0.2, 0.25) is 0 Å². The molecule has 0 aromatic heterocycles. The van der Waals surface area contributed by atoms with E-state index < -0.39 is 0 Å². The van der Waals surface area contributed by atoms with Crippen LogP contribution in [0.1, 0.15) is 44.9 Å². The summed E-state index contributed by atoms with van der Waals surface area (Å²) in [6, 6.07) is 12.3. The number of hydrogen-bond acceptors (Lipinski definition) is 3. The van der Waals surface area contributed by atoms with Crippen LogP contribution in [0.15, 0.2) is 54.6 Å². The number of hydrogen-bond donors (Lipinski definition) is 0. The fraction of sp³-hybridized carbons (Fsp3) is 0.385. The molecule has 0 spiro atoms. The molecule has 3 nitrogen and oxygen atoms in total. The third-order valence-electron chi connectivity index (χ3n) is 5.46. The van der Waals surface area contributed by atoms with Gasteiger partial charge < -0.3 is 14.5 Å². The average molecular weight is 461 g/mol. The predicted molar refractivity (Wildman–Crippen MR) is 138 cm³/mol. The van der Waals surface area contributed by atoms with E-state index in [1.54, 1.807) is 7.11 Å². The molecule has 5 heteroatoms. The molecule has 0 saturated heterocycles. The molecule has 2 aromatic carbocycles. The molecule has 0 aliphatic rings. The molecule has 2 rings (SSSR count). The van der Waals surface area contributed by atoms with Crippen LogP contribution in [0.2, 0.25) is 10.0 Å². The van der Waals surface area contributed by atoms with Gasteiger partial charge in [-0.1, -0.05) is 59.6 Å². The number of methoxy groups -OCH3 is 1. The van der Waals surface area contributed by atoms with Crippen molar-refractivity contribution in [1.29, 1.82) is 0 Å². The maximum Gasteiger partial charge on any atom is 0.102 e. The molecule has 0 aliphatic carbocycles. The third-order valence-corrected chi connectivity index (χ3v) is 6.11. The summed E-state index contributed by atoms with van der Waals surface area (Å²) in [4.78, 5) is 4.54. The van der Waals surface area contributed by atoms with Gasteiger partial charge in [0, 0.05) is 60.3 Å². The first-order valence-corrected chi connectivity index (χ1v) is 11.7.